The second kappa shape index (κ2) is 20.9. The van der Waals surface area contributed by atoms with Gasteiger partial charge < -0.3 is 52.1 Å². The third-order valence-electron chi connectivity index (χ3n) is 10.9. The molecule has 1 saturated heterocycles. The van der Waals surface area contributed by atoms with Gasteiger partial charge in [0.15, 0.2) is 0 Å². The minimum absolute atomic E-state index is 0.00833. The average Bonchev–Trinajstić information content (AvgIpc) is 4.03. The number of aromatic amines is 2. The maximum atomic E-state index is 14.5. The lowest BCUT2D eigenvalue weighted by atomic mass is 9.96. The van der Waals surface area contributed by atoms with Crippen LogP contribution in [0, 0.1) is 5.92 Å². The molecular formula is C42H53N9O9. The standard InChI is InChI=1S/C42H53N9O9/c1-3-24(2)36(50-37(54)29(43)20-27-22-44-23-46-27)40(57)49-32(18-25-10-5-4-6-11-25)38(55)48-33(19-26-21-45-30-13-8-7-12-28(26)30)39(56)47-31(15-16-35(52)53)41(58)51-17-9-14-34(51)42(59)60/h4-8,10-13,21-24,29,31-34,36,45H,3,9,14-20,43H2,1-2H3,(H,44,46)(H,47,56)(H,48,55)(H,49,57)(H,50,54)(H,52,53)(H,59,60). The van der Waals surface area contributed by atoms with Gasteiger partial charge in [-0.2, -0.15) is 0 Å². The summed E-state index contributed by atoms with van der Waals surface area (Å²) >= 11 is 0. The SMILES string of the molecule is CCC(C)C(NC(=O)C(N)Cc1cnc[nH]1)C(=O)NC(Cc1ccccc1)C(=O)NC(Cc1c[nH]c2ccccc12)C(=O)NC(CCC(=O)O)C(=O)N1CCCC1C(=O)O. The van der Waals surface area contributed by atoms with Gasteiger partial charge in [0.1, 0.15) is 30.2 Å². The molecule has 0 spiro atoms. The second-order valence-electron chi connectivity index (χ2n) is 15.2. The van der Waals surface area contributed by atoms with Crippen molar-refractivity contribution in [1.29, 1.82) is 0 Å². The molecule has 3 heterocycles. The van der Waals surface area contributed by atoms with E-state index in [0.29, 0.717) is 29.7 Å². The van der Waals surface area contributed by atoms with Crippen molar-refractivity contribution < 1.29 is 43.8 Å². The number of para-hydroxylation sites is 1. The highest BCUT2D eigenvalue weighted by atomic mass is 16.4. The number of nitrogens with two attached hydrogens (primary N) is 1. The number of carbonyl (C=O) groups excluding carboxylic acids is 5. The van der Waals surface area contributed by atoms with Gasteiger partial charge in [0.2, 0.25) is 29.5 Å². The predicted octanol–water partition coefficient (Wildman–Crippen LogP) is 1.17. The van der Waals surface area contributed by atoms with Crippen molar-refractivity contribution in [2.75, 3.05) is 6.54 Å². The molecule has 4 aromatic rings. The third kappa shape index (κ3) is 11.8. The van der Waals surface area contributed by atoms with E-state index >= 15 is 0 Å². The Balaban J connectivity index is 1.43. The number of fused-ring (bicyclic) bond motifs is 1. The van der Waals surface area contributed by atoms with E-state index in [1.807, 2.05) is 31.2 Å². The molecule has 2 aromatic heterocycles. The number of nitrogens with zero attached hydrogens (tertiary/aromatic N) is 2. The first-order chi connectivity index (χ1) is 28.7. The van der Waals surface area contributed by atoms with Crippen molar-refractivity contribution in [3.05, 3.63) is 90.1 Å². The Morgan fingerprint density at radius 3 is 2.17 bits per heavy atom. The number of aromatic nitrogens is 3. The zero-order valence-electron chi connectivity index (χ0n) is 33.6. The number of benzene rings is 2. The number of carboxylic acids is 2. The molecule has 18 nitrogen and oxygen atoms in total. The Labute approximate surface area is 346 Å². The largest absolute Gasteiger partial charge is 0.481 e. The number of imidazole rings is 1. The number of carboxylic acid groups (broad SMARTS) is 2. The lowest BCUT2D eigenvalue weighted by molar-refractivity contribution is -0.150. The van der Waals surface area contributed by atoms with Crippen molar-refractivity contribution in [2.45, 2.75) is 101 Å². The third-order valence-corrected chi connectivity index (χ3v) is 10.9. The van der Waals surface area contributed by atoms with Gasteiger partial charge in [0.05, 0.1) is 12.4 Å². The predicted molar refractivity (Wildman–Crippen MR) is 219 cm³/mol. The van der Waals surface area contributed by atoms with Crippen molar-refractivity contribution >= 4 is 52.4 Å². The van der Waals surface area contributed by atoms with Crippen LogP contribution in [0.25, 0.3) is 10.9 Å². The minimum atomic E-state index is -1.42. The summed E-state index contributed by atoms with van der Waals surface area (Å²) in [5.74, 6) is -6.40. The summed E-state index contributed by atoms with van der Waals surface area (Å²) in [6.07, 6.45) is 5.00. The van der Waals surface area contributed by atoms with E-state index in [0.717, 1.165) is 15.8 Å². The number of amides is 5. The summed E-state index contributed by atoms with van der Waals surface area (Å²) in [7, 11) is 0. The molecule has 5 amide bonds. The summed E-state index contributed by atoms with van der Waals surface area (Å²) in [5, 5.41) is 31.0. The van der Waals surface area contributed by atoms with Gasteiger partial charge in [-0.15, -0.1) is 0 Å². The van der Waals surface area contributed by atoms with E-state index in [-0.39, 0.29) is 44.6 Å². The van der Waals surface area contributed by atoms with Crippen LogP contribution in [0.1, 0.15) is 62.8 Å². The first-order valence-corrected chi connectivity index (χ1v) is 20.0. The highest BCUT2D eigenvalue weighted by molar-refractivity contribution is 5.97. The smallest absolute Gasteiger partial charge is 0.326 e. The van der Waals surface area contributed by atoms with Crippen LogP contribution >= 0.6 is 0 Å². The fourth-order valence-corrected chi connectivity index (χ4v) is 7.30. The van der Waals surface area contributed by atoms with Gasteiger partial charge in [0.25, 0.3) is 0 Å². The highest BCUT2D eigenvalue weighted by Gasteiger charge is 2.39. The Morgan fingerprint density at radius 1 is 0.833 bits per heavy atom. The molecule has 1 aliphatic rings. The summed E-state index contributed by atoms with van der Waals surface area (Å²) in [4.78, 5) is 105. The summed E-state index contributed by atoms with van der Waals surface area (Å²) in [6, 6.07) is 8.88. The van der Waals surface area contributed by atoms with Gasteiger partial charge in [0, 0.05) is 61.2 Å². The zero-order valence-corrected chi connectivity index (χ0v) is 33.6. The molecule has 10 N–H and O–H groups in total. The summed E-state index contributed by atoms with van der Waals surface area (Å²) in [5.41, 5.74) is 8.90. The van der Waals surface area contributed by atoms with Crippen LogP contribution in [0.4, 0.5) is 0 Å². The molecule has 60 heavy (non-hydrogen) atoms. The average molecular weight is 828 g/mol. The van der Waals surface area contributed by atoms with Crippen molar-refractivity contribution in [3.8, 4) is 0 Å². The maximum absolute atomic E-state index is 14.5. The first-order valence-electron chi connectivity index (χ1n) is 20.0. The Kier molecular flexibility index (Phi) is 15.5. The number of H-pyrrole nitrogens is 2. The van der Waals surface area contributed by atoms with Gasteiger partial charge in [-0.25, -0.2) is 9.78 Å². The number of nitrogens with one attached hydrogen (secondary N) is 6. The van der Waals surface area contributed by atoms with E-state index in [4.69, 9.17) is 5.73 Å². The lowest BCUT2D eigenvalue weighted by Crippen LogP contribution is -2.60. The monoisotopic (exact) mass is 827 g/mol. The van der Waals surface area contributed by atoms with Crippen LogP contribution in [-0.4, -0.2) is 114 Å². The molecule has 320 valence electrons. The summed E-state index contributed by atoms with van der Waals surface area (Å²) < 4.78 is 0. The normalized spacial score (nSPS) is 16.8. The van der Waals surface area contributed by atoms with E-state index in [2.05, 4.69) is 36.2 Å². The van der Waals surface area contributed by atoms with E-state index < -0.39 is 84.1 Å². The number of hydrogen-bond donors (Lipinski definition) is 9. The van der Waals surface area contributed by atoms with E-state index in [9.17, 15) is 43.8 Å². The van der Waals surface area contributed by atoms with Crippen LogP contribution in [0.3, 0.4) is 0 Å². The molecule has 7 atom stereocenters. The van der Waals surface area contributed by atoms with Crippen LogP contribution in [0.5, 0.6) is 0 Å². The minimum Gasteiger partial charge on any atom is -0.481 e. The molecule has 0 bridgehead atoms. The molecule has 0 radical (unpaired) electrons. The van der Waals surface area contributed by atoms with Gasteiger partial charge >= 0.3 is 11.9 Å². The Morgan fingerprint density at radius 2 is 1.50 bits per heavy atom. The highest BCUT2D eigenvalue weighted by Crippen LogP contribution is 2.22. The van der Waals surface area contributed by atoms with Crippen molar-refractivity contribution in [3.63, 3.8) is 0 Å². The lowest BCUT2D eigenvalue weighted by Gasteiger charge is -2.30. The van der Waals surface area contributed by atoms with Crippen LogP contribution in [-0.2, 0) is 52.8 Å². The summed E-state index contributed by atoms with van der Waals surface area (Å²) in [6.45, 7) is 3.74. The molecule has 5 rings (SSSR count). The quantitative estimate of drug-likeness (QED) is 0.0575. The molecule has 7 unspecified atom stereocenters. The molecule has 0 saturated carbocycles. The Bertz CT molecular complexity index is 2120. The fraction of sp³-hybridized carbons (Fsp3) is 0.429. The fourth-order valence-electron chi connectivity index (χ4n) is 7.30. The number of aliphatic carboxylic acids is 2. The molecule has 1 fully saturated rings. The maximum Gasteiger partial charge on any atom is 0.326 e. The van der Waals surface area contributed by atoms with Crippen LogP contribution in [0.2, 0.25) is 0 Å². The van der Waals surface area contributed by atoms with Crippen LogP contribution in [0.15, 0.2) is 73.3 Å². The van der Waals surface area contributed by atoms with Gasteiger partial charge in [-0.1, -0.05) is 68.8 Å². The number of rotatable bonds is 21. The van der Waals surface area contributed by atoms with Gasteiger partial charge in [-0.05, 0) is 42.4 Å². The van der Waals surface area contributed by atoms with Crippen molar-refractivity contribution in [1.82, 2.24) is 41.1 Å². The number of carbonyl (C=O) groups is 7. The van der Waals surface area contributed by atoms with Gasteiger partial charge in [-0.3, -0.25) is 28.8 Å². The molecular weight excluding hydrogens is 775 g/mol. The topological polar surface area (TPSA) is 282 Å². The molecule has 0 aliphatic carbocycles. The van der Waals surface area contributed by atoms with Crippen LogP contribution < -0.4 is 27.0 Å². The molecule has 2 aromatic carbocycles. The second-order valence-corrected chi connectivity index (χ2v) is 15.2. The van der Waals surface area contributed by atoms with E-state index in [1.165, 1.54) is 6.33 Å². The number of hydrogen-bond acceptors (Lipinski definition) is 9. The first kappa shape index (κ1) is 44.5. The molecule has 18 heteroatoms. The van der Waals surface area contributed by atoms with Crippen molar-refractivity contribution in [2.24, 2.45) is 11.7 Å². The Hall–Kier alpha value is -6.56. The number of likely N-dealkylation sites (tertiary alicyclic amines) is 1. The zero-order chi connectivity index (χ0) is 43.3. The molecule has 1 aliphatic heterocycles. The van der Waals surface area contributed by atoms with E-state index in [1.54, 1.807) is 49.6 Å².